The second-order valence-corrected chi connectivity index (χ2v) is 5.42. The van der Waals surface area contributed by atoms with Crippen LogP contribution in [0, 0.1) is 6.92 Å². The number of nitrogens with zero attached hydrogens (tertiary/aromatic N) is 2. The van der Waals surface area contributed by atoms with Gasteiger partial charge in [0.1, 0.15) is 11.3 Å². The van der Waals surface area contributed by atoms with Crippen LogP contribution in [0.5, 0.6) is 5.75 Å². The highest BCUT2D eigenvalue weighted by atomic mass is 16.5. The highest BCUT2D eigenvalue weighted by Gasteiger charge is 2.14. The minimum absolute atomic E-state index is 0.160. The van der Waals surface area contributed by atoms with E-state index >= 15 is 0 Å². The van der Waals surface area contributed by atoms with Crippen molar-refractivity contribution in [2.24, 2.45) is 0 Å². The Morgan fingerprint density at radius 1 is 1.09 bits per heavy atom. The number of para-hydroxylation sites is 1. The maximum atomic E-state index is 12.8. The zero-order chi connectivity index (χ0) is 16.0. The molecule has 4 rings (SSSR count). The van der Waals surface area contributed by atoms with Gasteiger partial charge in [0.05, 0.1) is 18.5 Å². The zero-order valence-corrected chi connectivity index (χ0v) is 12.8. The molecule has 0 aliphatic heterocycles. The molecule has 1 N–H and O–H groups in total. The Kier molecular flexibility index (Phi) is 2.94. The lowest BCUT2D eigenvalue weighted by atomic mass is 10.1. The minimum atomic E-state index is -0.160. The van der Waals surface area contributed by atoms with Gasteiger partial charge in [-0.05, 0) is 37.3 Å². The molecule has 2 aromatic heterocycles. The van der Waals surface area contributed by atoms with Crippen LogP contribution in [0.25, 0.3) is 27.5 Å². The van der Waals surface area contributed by atoms with E-state index < -0.39 is 0 Å². The van der Waals surface area contributed by atoms with Crippen LogP contribution in [0.2, 0.25) is 0 Å². The summed E-state index contributed by atoms with van der Waals surface area (Å²) >= 11 is 0. The number of aromatic amines is 1. The second kappa shape index (κ2) is 4.98. The molecule has 0 unspecified atom stereocenters. The summed E-state index contributed by atoms with van der Waals surface area (Å²) in [4.78, 5) is 16.1. The van der Waals surface area contributed by atoms with E-state index in [0.717, 1.165) is 27.7 Å². The van der Waals surface area contributed by atoms with Crippen molar-refractivity contribution in [1.82, 2.24) is 14.8 Å². The SMILES string of the molecule is COc1ccc(-n2nc(C)c3c([nH]c4ccccc43)c2=O)cc1. The molecule has 0 spiro atoms. The highest BCUT2D eigenvalue weighted by molar-refractivity contribution is 6.07. The van der Waals surface area contributed by atoms with Gasteiger partial charge in [0.25, 0.3) is 5.56 Å². The quantitative estimate of drug-likeness (QED) is 0.619. The number of nitrogens with one attached hydrogen (secondary N) is 1. The monoisotopic (exact) mass is 305 g/mol. The van der Waals surface area contributed by atoms with E-state index in [1.165, 1.54) is 4.68 Å². The topological polar surface area (TPSA) is 59.9 Å². The van der Waals surface area contributed by atoms with Crippen LogP contribution in [-0.4, -0.2) is 21.9 Å². The lowest BCUT2D eigenvalue weighted by Crippen LogP contribution is -2.22. The molecule has 23 heavy (non-hydrogen) atoms. The smallest absolute Gasteiger partial charge is 0.295 e. The van der Waals surface area contributed by atoms with E-state index in [0.29, 0.717) is 11.2 Å². The summed E-state index contributed by atoms with van der Waals surface area (Å²) in [5.74, 6) is 0.741. The molecule has 4 aromatic rings. The largest absolute Gasteiger partial charge is 0.497 e. The van der Waals surface area contributed by atoms with Gasteiger partial charge in [0, 0.05) is 16.3 Å². The lowest BCUT2D eigenvalue weighted by molar-refractivity contribution is 0.414. The van der Waals surface area contributed by atoms with Gasteiger partial charge in [0.2, 0.25) is 0 Å². The van der Waals surface area contributed by atoms with Gasteiger partial charge in [-0.3, -0.25) is 4.79 Å². The predicted octanol–water partition coefficient (Wildman–Crippen LogP) is 3.18. The molecule has 0 amide bonds. The molecule has 0 saturated carbocycles. The number of H-pyrrole nitrogens is 1. The molecule has 0 atom stereocenters. The molecule has 2 heterocycles. The third-order valence-electron chi connectivity index (χ3n) is 4.04. The van der Waals surface area contributed by atoms with Gasteiger partial charge in [0.15, 0.2) is 0 Å². The summed E-state index contributed by atoms with van der Waals surface area (Å²) in [7, 11) is 1.61. The molecule has 2 aromatic carbocycles. The molecule has 0 fully saturated rings. The maximum absolute atomic E-state index is 12.8. The van der Waals surface area contributed by atoms with Crippen LogP contribution in [-0.2, 0) is 0 Å². The van der Waals surface area contributed by atoms with Crippen molar-refractivity contribution in [2.75, 3.05) is 7.11 Å². The number of rotatable bonds is 2. The zero-order valence-electron chi connectivity index (χ0n) is 12.8. The number of hydrogen-bond acceptors (Lipinski definition) is 3. The Balaban J connectivity index is 2.03. The third kappa shape index (κ3) is 2.01. The molecule has 0 bridgehead atoms. The molecular weight excluding hydrogens is 290 g/mol. The molecule has 5 nitrogen and oxygen atoms in total. The van der Waals surface area contributed by atoms with Crippen molar-refractivity contribution in [3.63, 3.8) is 0 Å². The van der Waals surface area contributed by atoms with Gasteiger partial charge in [-0.25, -0.2) is 0 Å². The van der Waals surface area contributed by atoms with Gasteiger partial charge < -0.3 is 9.72 Å². The number of benzene rings is 2. The first-order valence-electron chi connectivity index (χ1n) is 7.34. The van der Waals surface area contributed by atoms with Crippen molar-refractivity contribution >= 4 is 21.8 Å². The average molecular weight is 305 g/mol. The maximum Gasteiger partial charge on any atom is 0.295 e. The first-order valence-corrected chi connectivity index (χ1v) is 7.34. The van der Waals surface area contributed by atoms with Crippen LogP contribution in [0.4, 0.5) is 0 Å². The summed E-state index contributed by atoms with van der Waals surface area (Å²) in [6, 6.07) is 15.1. The fourth-order valence-electron chi connectivity index (χ4n) is 2.93. The number of aromatic nitrogens is 3. The Hall–Kier alpha value is -3.08. The van der Waals surface area contributed by atoms with Crippen LogP contribution in [0.3, 0.4) is 0 Å². The third-order valence-corrected chi connectivity index (χ3v) is 4.04. The van der Waals surface area contributed by atoms with E-state index in [-0.39, 0.29) is 5.56 Å². The van der Waals surface area contributed by atoms with Crippen molar-refractivity contribution in [3.05, 3.63) is 64.6 Å². The summed E-state index contributed by atoms with van der Waals surface area (Å²) in [6.07, 6.45) is 0. The number of hydrogen-bond donors (Lipinski definition) is 1. The molecule has 0 saturated heterocycles. The Labute approximate surface area is 132 Å². The molecule has 0 aliphatic rings. The van der Waals surface area contributed by atoms with E-state index in [9.17, 15) is 4.79 Å². The van der Waals surface area contributed by atoms with Crippen molar-refractivity contribution < 1.29 is 4.74 Å². The Morgan fingerprint density at radius 2 is 1.83 bits per heavy atom. The van der Waals surface area contributed by atoms with Crippen LogP contribution >= 0.6 is 0 Å². The summed E-state index contributed by atoms with van der Waals surface area (Å²) < 4.78 is 6.58. The summed E-state index contributed by atoms with van der Waals surface area (Å²) in [5.41, 5.74) is 2.88. The first kappa shape index (κ1) is 13.6. The van der Waals surface area contributed by atoms with Crippen LogP contribution < -0.4 is 10.3 Å². The first-order chi connectivity index (χ1) is 11.2. The Bertz CT molecular complexity index is 1080. The summed E-state index contributed by atoms with van der Waals surface area (Å²) in [5, 5.41) is 6.40. The molecular formula is C18H15N3O2. The van der Waals surface area contributed by atoms with Crippen LogP contribution in [0.1, 0.15) is 5.69 Å². The fourth-order valence-corrected chi connectivity index (χ4v) is 2.93. The number of ether oxygens (including phenoxy) is 1. The molecule has 5 heteroatoms. The average Bonchev–Trinajstić information content (AvgIpc) is 2.99. The molecule has 0 aliphatic carbocycles. The number of fused-ring (bicyclic) bond motifs is 3. The fraction of sp³-hybridized carbons (Fsp3) is 0.111. The van der Waals surface area contributed by atoms with Gasteiger partial charge in [-0.2, -0.15) is 9.78 Å². The normalized spacial score (nSPS) is 11.2. The minimum Gasteiger partial charge on any atom is -0.497 e. The lowest BCUT2D eigenvalue weighted by Gasteiger charge is -2.07. The number of methoxy groups -OCH3 is 1. The van der Waals surface area contributed by atoms with Gasteiger partial charge >= 0.3 is 0 Å². The van der Waals surface area contributed by atoms with E-state index in [4.69, 9.17) is 4.74 Å². The van der Waals surface area contributed by atoms with Gasteiger partial charge in [-0.15, -0.1) is 0 Å². The molecule has 0 radical (unpaired) electrons. The van der Waals surface area contributed by atoms with E-state index in [2.05, 4.69) is 10.1 Å². The van der Waals surface area contributed by atoms with Crippen molar-refractivity contribution in [3.8, 4) is 11.4 Å². The second-order valence-electron chi connectivity index (χ2n) is 5.42. The Morgan fingerprint density at radius 3 is 2.57 bits per heavy atom. The van der Waals surface area contributed by atoms with Gasteiger partial charge in [-0.1, -0.05) is 18.2 Å². The highest BCUT2D eigenvalue weighted by Crippen LogP contribution is 2.25. The van der Waals surface area contributed by atoms with Crippen molar-refractivity contribution in [2.45, 2.75) is 6.92 Å². The van der Waals surface area contributed by atoms with E-state index in [1.807, 2.05) is 55.5 Å². The van der Waals surface area contributed by atoms with E-state index in [1.54, 1.807) is 7.11 Å². The molecule has 114 valence electrons. The standard InChI is InChI=1S/C18H15N3O2/c1-11-16-14-5-3-4-6-15(14)19-17(16)18(22)21(20-11)12-7-9-13(23-2)10-8-12/h3-10,19H,1-2H3. The number of aryl methyl sites for hydroxylation is 1. The van der Waals surface area contributed by atoms with Crippen LogP contribution in [0.15, 0.2) is 53.3 Å². The summed E-state index contributed by atoms with van der Waals surface area (Å²) in [6.45, 7) is 1.92. The predicted molar refractivity (Wildman–Crippen MR) is 90.5 cm³/mol. The van der Waals surface area contributed by atoms with Crippen molar-refractivity contribution in [1.29, 1.82) is 0 Å².